The zero-order valence-electron chi connectivity index (χ0n) is 15.8. The molecule has 152 valence electrons. The number of carbonyl (C=O) groups excluding carboxylic acids is 1. The lowest BCUT2D eigenvalue weighted by Gasteiger charge is -2.19. The fraction of sp³-hybridized carbons (Fsp3) is 0.474. The SMILES string of the molecule is CC(C)(C)CC(=O)Nc1nc2c(cc1F)N(Cc1ccc(C(F)(F)F)s1)CC2. The van der Waals surface area contributed by atoms with E-state index in [4.69, 9.17) is 0 Å². The number of carbonyl (C=O) groups is 1. The molecule has 3 rings (SSSR count). The minimum atomic E-state index is -4.36. The summed E-state index contributed by atoms with van der Waals surface area (Å²) < 4.78 is 52.7. The van der Waals surface area contributed by atoms with E-state index in [2.05, 4.69) is 10.3 Å². The number of amides is 1. The highest BCUT2D eigenvalue weighted by Gasteiger charge is 2.33. The molecule has 0 atom stereocenters. The van der Waals surface area contributed by atoms with Gasteiger partial charge < -0.3 is 10.2 Å². The number of thiophene rings is 1. The highest BCUT2D eigenvalue weighted by molar-refractivity contribution is 7.12. The topological polar surface area (TPSA) is 45.2 Å². The molecule has 28 heavy (non-hydrogen) atoms. The molecule has 0 fully saturated rings. The molecule has 1 aliphatic heterocycles. The van der Waals surface area contributed by atoms with Crippen LogP contribution in [0, 0.1) is 11.2 Å². The number of nitrogens with zero attached hydrogens (tertiary/aromatic N) is 2. The molecule has 0 saturated carbocycles. The second kappa shape index (κ2) is 7.35. The summed E-state index contributed by atoms with van der Waals surface area (Å²) in [5.41, 5.74) is 0.942. The predicted molar refractivity (Wildman–Crippen MR) is 101 cm³/mol. The van der Waals surface area contributed by atoms with Crippen LogP contribution in [0.2, 0.25) is 0 Å². The first-order valence-corrected chi connectivity index (χ1v) is 9.64. The lowest BCUT2D eigenvalue weighted by molar-refractivity contribution is -0.134. The lowest BCUT2D eigenvalue weighted by Crippen LogP contribution is -2.21. The van der Waals surface area contributed by atoms with Gasteiger partial charge in [0.2, 0.25) is 5.91 Å². The molecule has 0 bridgehead atoms. The Morgan fingerprint density at radius 3 is 2.61 bits per heavy atom. The first-order valence-electron chi connectivity index (χ1n) is 8.82. The Morgan fingerprint density at radius 1 is 1.29 bits per heavy atom. The lowest BCUT2D eigenvalue weighted by atomic mass is 9.92. The Hall–Kier alpha value is -2.16. The number of fused-ring (bicyclic) bond motifs is 1. The number of rotatable bonds is 4. The summed E-state index contributed by atoms with van der Waals surface area (Å²) in [6.45, 7) is 6.51. The van der Waals surface area contributed by atoms with Crippen LogP contribution in [0.25, 0.3) is 0 Å². The Morgan fingerprint density at radius 2 is 2.00 bits per heavy atom. The number of anilines is 2. The zero-order chi connectivity index (χ0) is 20.7. The molecule has 4 nitrogen and oxygen atoms in total. The summed E-state index contributed by atoms with van der Waals surface area (Å²) in [7, 11) is 0. The molecule has 0 unspecified atom stereocenters. The standard InChI is InChI=1S/C19H21F4N3OS/c1-18(2,3)9-16(27)25-17-12(20)8-14-13(24-17)6-7-26(14)10-11-4-5-15(28-11)19(21,22)23/h4-5,8H,6-7,9-10H2,1-3H3,(H,24,25,27). The number of alkyl halides is 3. The highest BCUT2D eigenvalue weighted by atomic mass is 32.1. The second-order valence-corrected chi connectivity index (χ2v) is 9.17. The fourth-order valence-corrected chi connectivity index (χ4v) is 3.94. The van der Waals surface area contributed by atoms with E-state index in [1.807, 2.05) is 20.8 Å². The smallest absolute Gasteiger partial charge is 0.364 e. The van der Waals surface area contributed by atoms with E-state index in [0.29, 0.717) is 40.6 Å². The summed E-state index contributed by atoms with van der Waals surface area (Å²) in [5.74, 6) is -1.08. The van der Waals surface area contributed by atoms with Crippen molar-refractivity contribution in [1.82, 2.24) is 4.98 Å². The summed E-state index contributed by atoms with van der Waals surface area (Å²) in [5, 5.41) is 2.51. The molecule has 0 aliphatic carbocycles. The number of pyridine rings is 1. The van der Waals surface area contributed by atoms with Crippen LogP contribution in [0.1, 0.15) is 42.6 Å². The van der Waals surface area contributed by atoms with Gasteiger partial charge in [0.05, 0.1) is 17.9 Å². The molecule has 1 amide bonds. The minimum Gasteiger partial charge on any atom is -0.364 e. The molecule has 9 heteroatoms. The quantitative estimate of drug-likeness (QED) is 0.695. The van der Waals surface area contributed by atoms with Crippen LogP contribution in [-0.4, -0.2) is 17.4 Å². The van der Waals surface area contributed by atoms with E-state index in [9.17, 15) is 22.4 Å². The van der Waals surface area contributed by atoms with Crippen molar-refractivity contribution >= 4 is 28.7 Å². The zero-order valence-corrected chi connectivity index (χ0v) is 16.6. The van der Waals surface area contributed by atoms with Crippen LogP contribution < -0.4 is 10.2 Å². The molecule has 0 spiro atoms. The van der Waals surface area contributed by atoms with Crippen molar-refractivity contribution in [3.8, 4) is 0 Å². The van der Waals surface area contributed by atoms with Crippen molar-refractivity contribution in [2.24, 2.45) is 5.41 Å². The van der Waals surface area contributed by atoms with Gasteiger partial charge in [0.15, 0.2) is 11.6 Å². The van der Waals surface area contributed by atoms with E-state index < -0.39 is 16.9 Å². The third-order valence-electron chi connectivity index (χ3n) is 4.23. The maximum Gasteiger partial charge on any atom is 0.425 e. The molecular formula is C19H21F4N3OS. The average molecular weight is 415 g/mol. The molecule has 1 aliphatic rings. The van der Waals surface area contributed by atoms with Crippen LogP contribution >= 0.6 is 11.3 Å². The Kier molecular flexibility index (Phi) is 5.40. The molecule has 2 aromatic heterocycles. The van der Waals surface area contributed by atoms with E-state index in [-0.39, 0.29) is 30.1 Å². The van der Waals surface area contributed by atoms with Gasteiger partial charge in [-0.25, -0.2) is 9.37 Å². The molecule has 1 N–H and O–H groups in total. The molecule has 3 heterocycles. The highest BCUT2D eigenvalue weighted by Crippen LogP contribution is 2.37. The monoisotopic (exact) mass is 415 g/mol. The number of hydrogen-bond donors (Lipinski definition) is 1. The van der Waals surface area contributed by atoms with Gasteiger partial charge in [0, 0.05) is 30.3 Å². The number of hydrogen-bond acceptors (Lipinski definition) is 4. The molecule has 0 saturated heterocycles. The summed E-state index contributed by atoms with van der Waals surface area (Å²) in [6, 6.07) is 3.79. The van der Waals surface area contributed by atoms with E-state index >= 15 is 0 Å². The van der Waals surface area contributed by atoms with E-state index in [0.717, 1.165) is 6.07 Å². The van der Waals surface area contributed by atoms with Crippen molar-refractivity contribution in [3.63, 3.8) is 0 Å². The van der Waals surface area contributed by atoms with Crippen molar-refractivity contribution < 1.29 is 22.4 Å². The largest absolute Gasteiger partial charge is 0.425 e. The van der Waals surface area contributed by atoms with Crippen LogP contribution in [0.5, 0.6) is 0 Å². The maximum atomic E-state index is 14.5. The summed E-state index contributed by atoms with van der Waals surface area (Å²) in [6.07, 6.45) is -3.59. The van der Waals surface area contributed by atoms with E-state index in [1.54, 1.807) is 4.90 Å². The first-order chi connectivity index (χ1) is 12.9. The van der Waals surface area contributed by atoms with Crippen molar-refractivity contribution in [1.29, 1.82) is 0 Å². The third-order valence-corrected chi connectivity index (χ3v) is 5.34. The minimum absolute atomic E-state index is 0.106. The summed E-state index contributed by atoms with van der Waals surface area (Å²) >= 11 is 0.684. The van der Waals surface area contributed by atoms with Gasteiger partial charge in [0.25, 0.3) is 0 Å². The molecule has 0 aromatic carbocycles. The van der Waals surface area contributed by atoms with Gasteiger partial charge >= 0.3 is 6.18 Å². The number of nitrogens with one attached hydrogen (secondary N) is 1. The van der Waals surface area contributed by atoms with Gasteiger partial charge in [-0.3, -0.25) is 4.79 Å². The maximum absolute atomic E-state index is 14.5. The van der Waals surface area contributed by atoms with Crippen LogP contribution in [-0.2, 0) is 23.9 Å². The second-order valence-electron chi connectivity index (χ2n) is 8.01. The fourth-order valence-electron chi connectivity index (χ4n) is 3.05. The molecule has 2 aromatic rings. The van der Waals surface area contributed by atoms with Crippen LogP contribution in [0.4, 0.5) is 29.1 Å². The third kappa shape index (κ3) is 4.81. The Balaban J connectivity index is 1.74. The Bertz CT molecular complexity index is 886. The number of halogens is 4. The van der Waals surface area contributed by atoms with Crippen molar-refractivity contribution in [3.05, 3.63) is 39.5 Å². The van der Waals surface area contributed by atoms with Gasteiger partial charge in [-0.2, -0.15) is 13.2 Å². The van der Waals surface area contributed by atoms with Crippen LogP contribution in [0.3, 0.4) is 0 Å². The van der Waals surface area contributed by atoms with Crippen LogP contribution in [0.15, 0.2) is 18.2 Å². The normalized spacial score (nSPS) is 14.3. The van der Waals surface area contributed by atoms with Crippen molar-refractivity contribution in [2.75, 3.05) is 16.8 Å². The molecule has 0 radical (unpaired) electrons. The number of aromatic nitrogens is 1. The van der Waals surface area contributed by atoms with Gasteiger partial charge in [-0.15, -0.1) is 11.3 Å². The predicted octanol–water partition coefficient (Wildman–Crippen LogP) is 5.24. The average Bonchev–Trinajstić information content (AvgIpc) is 3.14. The Labute approximate surface area is 164 Å². The van der Waals surface area contributed by atoms with Gasteiger partial charge in [-0.1, -0.05) is 20.8 Å². The van der Waals surface area contributed by atoms with Gasteiger partial charge in [0.1, 0.15) is 4.88 Å². The summed E-state index contributed by atoms with van der Waals surface area (Å²) in [4.78, 5) is 18.0. The van der Waals surface area contributed by atoms with Crippen molar-refractivity contribution in [2.45, 2.75) is 46.3 Å². The molecular weight excluding hydrogens is 394 g/mol. The first kappa shape index (κ1) is 20.6. The van der Waals surface area contributed by atoms with Gasteiger partial charge in [-0.05, 0) is 17.5 Å². The van der Waals surface area contributed by atoms with E-state index in [1.165, 1.54) is 12.1 Å².